The Morgan fingerprint density at radius 2 is 1.85 bits per heavy atom. The van der Waals surface area contributed by atoms with Crippen molar-refractivity contribution < 1.29 is 9.18 Å². The predicted molar refractivity (Wildman–Crippen MR) is 121 cm³/mol. The van der Waals surface area contributed by atoms with Gasteiger partial charge in [-0.2, -0.15) is 0 Å². The number of amides is 1. The van der Waals surface area contributed by atoms with Crippen molar-refractivity contribution in [2.75, 3.05) is 13.1 Å². The minimum absolute atomic E-state index is 0.0111. The number of carbonyl (C=O) groups excluding carboxylic acids is 1. The molecular formula is C23H20ClFN6O2. The maximum atomic E-state index is 13.1. The van der Waals surface area contributed by atoms with Crippen LogP contribution in [0.2, 0.25) is 5.02 Å². The summed E-state index contributed by atoms with van der Waals surface area (Å²) in [6, 6.07) is 13.0. The van der Waals surface area contributed by atoms with Crippen LogP contribution in [0.3, 0.4) is 0 Å². The molecule has 1 aliphatic rings. The topological polar surface area (TPSA) is 96.8 Å². The number of rotatable bonds is 4. The van der Waals surface area contributed by atoms with E-state index < -0.39 is 0 Å². The molecule has 2 aromatic heterocycles. The second-order valence-corrected chi connectivity index (χ2v) is 8.44. The first-order valence-electron chi connectivity index (χ1n) is 10.6. The molecule has 5 rings (SSSR count). The molecule has 0 aliphatic carbocycles. The van der Waals surface area contributed by atoms with Gasteiger partial charge in [0.25, 0.3) is 11.5 Å². The molecule has 0 unspecified atom stereocenters. The van der Waals surface area contributed by atoms with Crippen LogP contribution in [0.5, 0.6) is 0 Å². The van der Waals surface area contributed by atoms with Crippen LogP contribution < -0.4 is 5.56 Å². The fourth-order valence-corrected chi connectivity index (χ4v) is 4.30. The summed E-state index contributed by atoms with van der Waals surface area (Å²) in [7, 11) is 0. The Morgan fingerprint density at radius 1 is 1.12 bits per heavy atom. The molecule has 168 valence electrons. The molecule has 2 aromatic carbocycles. The highest BCUT2D eigenvalue weighted by atomic mass is 35.5. The molecule has 0 spiro atoms. The van der Waals surface area contributed by atoms with Crippen molar-refractivity contribution in [3.63, 3.8) is 0 Å². The van der Waals surface area contributed by atoms with E-state index in [1.807, 2.05) is 18.2 Å². The monoisotopic (exact) mass is 466 g/mol. The highest BCUT2D eigenvalue weighted by Crippen LogP contribution is 2.27. The van der Waals surface area contributed by atoms with Crippen LogP contribution in [-0.2, 0) is 6.54 Å². The third-order valence-electron chi connectivity index (χ3n) is 5.93. The van der Waals surface area contributed by atoms with Gasteiger partial charge in [0, 0.05) is 29.6 Å². The van der Waals surface area contributed by atoms with Crippen molar-refractivity contribution in [2.24, 2.45) is 0 Å². The molecular weight excluding hydrogens is 447 g/mol. The molecule has 8 nitrogen and oxygen atoms in total. The number of aromatic nitrogens is 5. The van der Waals surface area contributed by atoms with Crippen molar-refractivity contribution in [2.45, 2.75) is 25.3 Å². The molecule has 10 heteroatoms. The van der Waals surface area contributed by atoms with Crippen LogP contribution in [0.25, 0.3) is 11.2 Å². The largest absolute Gasteiger partial charge is 0.339 e. The van der Waals surface area contributed by atoms with E-state index in [0.29, 0.717) is 54.5 Å². The maximum Gasteiger partial charge on any atom is 0.281 e. The molecule has 33 heavy (non-hydrogen) atoms. The summed E-state index contributed by atoms with van der Waals surface area (Å²) in [6.45, 7) is 1.37. The van der Waals surface area contributed by atoms with Gasteiger partial charge in [-0.05, 0) is 48.7 Å². The number of H-pyrrole nitrogens is 1. The first kappa shape index (κ1) is 21.3. The van der Waals surface area contributed by atoms with Gasteiger partial charge in [-0.3, -0.25) is 9.59 Å². The number of nitrogens with zero attached hydrogens (tertiary/aromatic N) is 5. The first-order chi connectivity index (χ1) is 16.0. The molecule has 1 N–H and O–H groups in total. The Bertz CT molecular complexity index is 1380. The maximum absolute atomic E-state index is 13.1. The summed E-state index contributed by atoms with van der Waals surface area (Å²) in [4.78, 5) is 34.6. The molecule has 4 aromatic rings. The summed E-state index contributed by atoms with van der Waals surface area (Å²) < 4.78 is 14.7. The average Bonchev–Trinajstić information content (AvgIpc) is 3.24. The molecule has 1 aliphatic heterocycles. The van der Waals surface area contributed by atoms with Crippen LogP contribution in [0.1, 0.15) is 40.5 Å². The lowest BCUT2D eigenvalue weighted by Gasteiger charge is -2.31. The number of piperidine rings is 1. The normalized spacial score (nSPS) is 14.7. The zero-order chi connectivity index (χ0) is 22.9. The number of hydrogen-bond donors (Lipinski definition) is 1. The number of benzene rings is 2. The number of hydrogen-bond acceptors (Lipinski definition) is 5. The number of halogens is 2. The molecule has 1 saturated heterocycles. The fourth-order valence-electron chi connectivity index (χ4n) is 4.10. The molecule has 3 heterocycles. The van der Waals surface area contributed by atoms with Crippen molar-refractivity contribution in [1.82, 2.24) is 29.9 Å². The zero-order valence-electron chi connectivity index (χ0n) is 17.5. The Balaban J connectivity index is 1.35. The molecule has 0 bridgehead atoms. The number of likely N-dealkylation sites (tertiary alicyclic amines) is 1. The van der Waals surface area contributed by atoms with E-state index in [-0.39, 0.29) is 28.7 Å². The van der Waals surface area contributed by atoms with Gasteiger partial charge in [0.05, 0.1) is 6.54 Å². The smallest absolute Gasteiger partial charge is 0.281 e. The van der Waals surface area contributed by atoms with Crippen LogP contribution in [0.4, 0.5) is 4.39 Å². The van der Waals surface area contributed by atoms with E-state index >= 15 is 0 Å². The second kappa shape index (κ2) is 8.74. The van der Waals surface area contributed by atoms with Gasteiger partial charge in [-0.15, -0.1) is 5.10 Å². The van der Waals surface area contributed by atoms with Gasteiger partial charge in [0.2, 0.25) is 0 Å². The summed E-state index contributed by atoms with van der Waals surface area (Å²) in [5.41, 5.74) is 1.54. The van der Waals surface area contributed by atoms with Gasteiger partial charge in [-0.25, -0.2) is 14.1 Å². The summed E-state index contributed by atoms with van der Waals surface area (Å²) in [5, 5.41) is 8.69. The molecule has 0 saturated carbocycles. The molecule has 0 radical (unpaired) electrons. The number of aromatic amines is 1. The SMILES string of the molecule is O=C(c1ccc(F)cc1)N1CCC(c2nc3c(nnn3Cc3ccccc3Cl)c(=O)[nH]2)CC1. The lowest BCUT2D eigenvalue weighted by molar-refractivity contribution is 0.0711. The lowest BCUT2D eigenvalue weighted by atomic mass is 9.95. The van der Waals surface area contributed by atoms with Crippen molar-refractivity contribution in [1.29, 1.82) is 0 Å². The van der Waals surface area contributed by atoms with Crippen LogP contribution in [0.15, 0.2) is 53.3 Å². The highest BCUT2D eigenvalue weighted by molar-refractivity contribution is 6.31. The zero-order valence-corrected chi connectivity index (χ0v) is 18.3. The average molecular weight is 467 g/mol. The van der Waals surface area contributed by atoms with Crippen LogP contribution >= 0.6 is 11.6 Å². The van der Waals surface area contributed by atoms with E-state index in [2.05, 4.69) is 20.3 Å². The van der Waals surface area contributed by atoms with Gasteiger partial charge in [-0.1, -0.05) is 35.0 Å². The standard InChI is InChI=1S/C23H20ClFN6O2/c24-18-4-2-1-3-16(18)13-31-21-19(28-29-31)22(32)27-20(26-21)14-9-11-30(12-10-14)23(33)15-5-7-17(25)8-6-15/h1-8,14H,9-13H2,(H,26,27,32). The minimum atomic E-state index is -0.376. The van der Waals surface area contributed by atoms with Crippen molar-refractivity contribution in [3.8, 4) is 0 Å². The minimum Gasteiger partial charge on any atom is -0.339 e. The molecule has 0 atom stereocenters. The lowest BCUT2D eigenvalue weighted by Crippen LogP contribution is -2.38. The Labute approximate surface area is 193 Å². The van der Waals surface area contributed by atoms with E-state index in [1.54, 1.807) is 15.6 Å². The Kier molecular flexibility index (Phi) is 5.63. The third-order valence-corrected chi connectivity index (χ3v) is 6.30. The highest BCUT2D eigenvalue weighted by Gasteiger charge is 2.27. The van der Waals surface area contributed by atoms with Crippen molar-refractivity contribution >= 4 is 28.7 Å². The van der Waals surface area contributed by atoms with Gasteiger partial charge in [0.1, 0.15) is 11.6 Å². The summed E-state index contributed by atoms with van der Waals surface area (Å²) in [5.74, 6) is 0.0402. The van der Waals surface area contributed by atoms with E-state index in [9.17, 15) is 14.0 Å². The van der Waals surface area contributed by atoms with E-state index in [4.69, 9.17) is 11.6 Å². The summed E-state index contributed by atoms with van der Waals surface area (Å²) >= 11 is 6.27. The van der Waals surface area contributed by atoms with Gasteiger partial charge in [0.15, 0.2) is 11.2 Å². The Hall–Kier alpha value is -3.59. The second-order valence-electron chi connectivity index (χ2n) is 8.04. The predicted octanol–water partition coefficient (Wildman–Crippen LogP) is 3.38. The van der Waals surface area contributed by atoms with E-state index in [0.717, 1.165) is 5.56 Å². The van der Waals surface area contributed by atoms with Crippen LogP contribution in [-0.4, -0.2) is 48.9 Å². The van der Waals surface area contributed by atoms with Crippen LogP contribution in [0, 0.1) is 5.82 Å². The van der Waals surface area contributed by atoms with Gasteiger partial charge >= 0.3 is 0 Å². The van der Waals surface area contributed by atoms with Crippen molar-refractivity contribution in [3.05, 3.63) is 86.7 Å². The first-order valence-corrected chi connectivity index (χ1v) is 11.0. The number of fused-ring (bicyclic) bond motifs is 1. The number of nitrogens with one attached hydrogen (secondary N) is 1. The number of carbonyl (C=O) groups is 1. The van der Waals surface area contributed by atoms with Gasteiger partial charge < -0.3 is 9.88 Å². The molecule has 1 amide bonds. The quantitative estimate of drug-likeness (QED) is 0.497. The van der Waals surface area contributed by atoms with E-state index in [1.165, 1.54) is 24.3 Å². The third kappa shape index (κ3) is 4.23. The fraction of sp³-hybridized carbons (Fsp3) is 0.261. The summed E-state index contributed by atoms with van der Waals surface area (Å²) in [6.07, 6.45) is 1.29. The molecule has 1 fully saturated rings. The Morgan fingerprint density at radius 3 is 2.58 bits per heavy atom.